The molecular weight excluding hydrogens is 210 g/mol. The van der Waals surface area contributed by atoms with E-state index in [0.29, 0.717) is 12.1 Å². The van der Waals surface area contributed by atoms with Gasteiger partial charge in [0.05, 0.1) is 12.0 Å². The summed E-state index contributed by atoms with van der Waals surface area (Å²) in [7, 11) is 0. The normalized spacial score (nSPS) is 25.4. The Morgan fingerprint density at radius 1 is 1.47 bits per heavy atom. The topological polar surface area (TPSA) is 29.9 Å². The number of nitrogens with one attached hydrogen (secondary N) is 1. The van der Waals surface area contributed by atoms with Gasteiger partial charge >= 0.3 is 0 Å². The monoisotopic (exact) mass is 235 g/mol. The molecule has 0 aromatic carbocycles. The Labute approximate surface area is 105 Å². The minimum Gasteiger partial charge on any atom is -0.333 e. The molecule has 0 bridgehead atoms. The standard InChI is InChI=1S/C14H25N3/c1-11(2)7-8-17-10-15-9-14(17)13-6-4-5-12(3)16-13/h9-13,16H,4-8H2,1-3H3. The molecule has 0 aliphatic carbocycles. The molecule has 1 fully saturated rings. The first kappa shape index (κ1) is 12.6. The summed E-state index contributed by atoms with van der Waals surface area (Å²) in [4.78, 5) is 4.32. The maximum absolute atomic E-state index is 4.32. The highest BCUT2D eigenvalue weighted by Gasteiger charge is 2.21. The smallest absolute Gasteiger partial charge is 0.0948 e. The molecule has 1 N–H and O–H groups in total. The molecule has 0 amide bonds. The lowest BCUT2D eigenvalue weighted by molar-refractivity contribution is 0.327. The SMILES string of the molecule is CC(C)CCn1cncc1C1CCCC(C)N1. The molecular formula is C14H25N3. The maximum atomic E-state index is 4.32. The van der Waals surface area contributed by atoms with Crippen LogP contribution in [-0.4, -0.2) is 15.6 Å². The minimum atomic E-state index is 0.508. The highest BCUT2D eigenvalue weighted by molar-refractivity contribution is 5.07. The van der Waals surface area contributed by atoms with Gasteiger partial charge < -0.3 is 9.88 Å². The van der Waals surface area contributed by atoms with Gasteiger partial charge in [0.15, 0.2) is 0 Å². The van der Waals surface area contributed by atoms with Gasteiger partial charge in [-0.05, 0) is 38.5 Å². The lowest BCUT2D eigenvalue weighted by atomic mass is 9.97. The Kier molecular flexibility index (Phi) is 4.21. The molecule has 3 heteroatoms. The summed E-state index contributed by atoms with van der Waals surface area (Å²) in [6.07, 6.45) is 9.13. The van der Waals surface area contributed by atoms with Crippen LogP contribution < -0.4 is 5.32 Å². The molecule has 1 aromatic rings. The molecule has 0 saturated carbocycles. The van der Waals surface area contributed by atoms with Gasteiger partial charge in [0.1, 0.15) is 0 Å². The lowest BCUT2D eigenvalue weighted by Gasteiger charge is -2.29. The van der Waals surface area contributed by atoms with Crippen LogP contribution in [0.25, 0.3) is 0 Å². The van der Waals surface area contributed by atoms with Crippen LogP contribution in [0.1, 0.15) is 58.2 Å². The number of hydrogen-bond acceptors (Lipinski definition) is 2. The van der Waals surface area contributed by atoms with Crippen LogP contribution in [-0.2, 0) is 6.54 Å². The highest BCUT2D eigenvalue weighted by atomic mass is 15.1. The van der Waals surface area contributed by atoms with Crippen LogP contribution in [0.3, 0.4) is 0 Å². The lowest BCUT2D eigenvalue weighted by Crippen LogP contribution is -2.35. The van der Waals surface area contributed by atoms with Gasteiger partial charge in [0.25, 0.3) is 0 Å². The van der Waals surface area contributed by atoms with Crippen molar-refractivity contribution in [2.45, 2.75) is 65.1 Å². The van der Waals surface area contributed by atoms with Crippen LogP contribution >= 0.6 is 0 Å². The summed E-state index contributed by atoms with van der Waals surface area (Å²) in [5.74, 6) is 0.753. The maximum Gasteiger partial charge on any atom is 0.0948 e. The van der Waals surface area contributed by atoms with Crippen molar-refractivity contribution in [1.29, 1.82) is 0 Å². The molecule has 1 saturated heterocycles. The first-order valence-corrected chi connectivity index (χ1v) is 6.93. The Balaban J connectivity index is 2.02. The largest absolute Gasteiger partial charge is 0.333 e. The van der Waals surface area contributed by atoms with Gasteiger partial charge in [0.2, 0.25) is 0 Å². The molecule has 3 nitrogen and oxygen atoms in total. The van der Waals surface area contributed by atoms with Crippen LogP contribution in [0.2, 0.25) is 0 Å². The summed E-state index contributed by atoms with van der Waals surface area (Å²) < 4.78 is 2.33. The summed E-state index contributed by atoms with van der Waals surface area (Å²) >= 11 is 0. The number of aromatic nitrogens is 2. The quantitative estimate of drug-likeness (QED) is 0.869. The molecule has 2 unspecified atom stereocenters. The van der Waals surface area contributed by atoms with E-state index in [1.807, 2.05) is 12.5 Å². The third-order valence-electron chi connectivity index (χ3n) is 3.66. The van der Waals surface area contributed by atoms with Gasteiger partial charge in [-0.2, -0.15) is 0 Å². The fourth-order valence-corrected chi connectivity index (χ4v) is 2.58. The number of hydrogen-bond donors (Lipinski definition) is 1. The molecule has 1 aliphatic rings. The van der Waals surface area contributed by atoms with Crippen LogP contribution in [0.4, 0.5) is 0 Å². The second-order valence-electron chi connectivity index (χ2n) is 5.75. The fourth-order valence-electron chi connectivity index (χ4n) is 2.58. The van der Waals surface area contributed by atoms with E-state index in [1.165, 1.54) is 31.4 Å². The third kappa shape index (κ3) is 3.32. The van der Waals surface area contributed by atoms with Crippen molar-refractivity contribution in [3.8, 4) is 0 Å². The van der Waals surface area contributed by atoms with Gasteiger partial charge in [-0.3, -0.25) is 0 Å². The Bertz CT molecular complexity index is 343. The number of imidazole rings is 1. The van der Waals surface area contributed by atoms with Gasteiger partial charge in [-0.1, -0.05) is 13.8 Å². The van der Waals surface area contributed by atoms with E-state index in [-0.39, 0.29) is 0 Å². The summed E-state index contributed by atoms with van der Waals surface area (Å²) in [5, 5.41) is 3.69. The molecule has 2 atom stereocenters. The average Bonchev–Trinajstić information content (AvgIpc) is 2.74. The van der Waals surface area contributed by atoms with E-state index < -0.39 is 0 Å². The van der Waals surface area contributed by atoms with Crippen molar-refractivity contribution in [2.75, 3.05) is 0 Å². The van der Waals surface area contributed by atoms with Crippen LogP contribution in [0.5, 0.6) is 0 Å². The molecule has 2 rings (SSSR count). The zero-order chi connectivity index (χ0) is 12.3. The van der Waals surface area contributed by atoms with Crippen molar-refractivity contribution in [3.05, 3.63) is 18.2 Å². The number of piperidine rings is 1. The van der Waals surface area contributed by atoms with E-state index >= 15 is 0 Å². The number of aryl methyl sites for hydroxylation is 1. The zero-order valence-corrected chi connectivity index (χ0v) is 11.3. The molecule has 96 valence electrons. The van der Waals surface area contributed by atoms with Crippen molar-refractivity contribution < 1.29 is 0 Å². The molecule has 0 spiro atoms. The van der Waals surface area contributed by atoms with E-state index in [4.69, 9.17) is 0 Å². The molecule has 17 heavy (non-hydrogen) atoms. The fraction of sp³-hybridized carbons (Fsp3) is 0.786. The van der Waals surface area contributed by atoms with Gasteiger partial charge in [-0.15, -0.1) is 0 Å². The first-order valence-electron chi connectivity index (χ1n) is 6.93. The van der Waals surface area contributed by atoms with Crippen molar-refractivity contribution in [3.63, 3.8) is 0 Å². The predicted octanol–water partition coefficient (Wildman–Crippen LogP) is 3.13. The zero-order valence-electron chi connectivity index (χ0n) is 11.3. The van der Waals surface area contributed by atoms with Crippen molar-refractivity contribution >= 4 is 0 Å². The second kappa shape index (κ2) is 5.67. The van der Waals surface area contributed by atoms with E-state index in [9.17, 15) is 0 Å². The Morgan fingerprint density at radius 2 is 2.29 bits per heavy atom. The highest BCUT2D eigenvalue weighted by Crippen LogP contribution is 2.25. The van der Waals surface area contributed by atoms with Crippen LogP contribution in [0.15, 0.2) is 12.5 Å². The first-order chi connectivity index (χ1) is 8.16. The predicted molar refractivity (Wildman–Crippen MR) is 70.9 cm³/mol. The molecule has 1 aromatic heterocycles. The Hall–Kier alpha value is -0.830. The van der Waals surface area contributed by atoms with Gasteiger partial charge in [0, 0.05) is 24.8 Å². The van der Waals surface area contributed by atoms with E-state index in [1.54, 1.807) is 0 Å². The van der Waals surface area contributed by atoms with Gasteiger partial charge in [-0.25, -0.2) is 4.98 Å². The number of rotatable bonds is 4. The second-order valence-corrected chi connectivity index (χ2v) is 5.75. The molecule has 0 radical (unpaired) electrons. The van der Waals surface area contributed by atoms with Crippen molar-refractivity contribution in [1.82, 2.24) is 14.9 Å². The summed E-state index contributed by atoms with van der Waals surface area (Å²) in [5.41, 5.74) is 1.37. The summed E-state index contributed by atoms with van der Waals surface area (Å²) in [6.45, 7) is 7.93. The summed E-state index contributed by atoms with van der Waals surface area (Å²) in [6, 6.07) is 1.15. The average molecular weight is 235 g/mol. The minimum absolute atomic E-state index is 0.508. The van der Waals surface area contributed by atoms with Crippen LogP contribution in [0, 0.1) is 5.92 Å². The molecule has 1 aliphatic heterocycles. The third-order valence-corrected chi connectivity index (χ3v) is 3.66. The van der Waals surface area contributed by atoms with Crippen molar-refractivity contribution in [2.24, 2.45) is 5.92 Å². The van der Waals surface area contributed by atoms with E-state index in [2.05, 4.69) is 35.6 Å². The Morgan fingerprint density at radius 3 is 3.00 bits per heavy atom. The van der Waals surface area contributed by atoms with E-state index in [0.717, 1.165) is 12.5 Å². The number of nitrogens with zero attached hydrogens (tertiary/aromatic N) is 2. The molecule has 2 heterocycles.